The number of ketones is 1. The summed E-state index contributed by atoms with van der Waals surface area (Å²) < 4.78 is 11.8. The largest absolute Gasteiger partial charge is 0.444 e. The Labute approximate surface area is 165 Å². The number of carbonyl (C=O) groups excluding carboxylic acids is 2. The molecular weight excluding hydrogens is 358 g/mol. The van der Waals surface area contributed by atoms with Crippen LogP contribution in [-0.2, 0) is 14.0 Å². The molecule has 2 heterocycles. The van der Waals surface area contributed by atoms with Gasteiger partial charge in [-0.15, -0.1) is 0 Å². The molecule has 2 aliphatic heterocycles. The van der Waals surface area contributed by atoms with Gasteiger partial charge in [-0.2, -0.15) is 0 Å². The van der Waals surface area contributed by atoms with Crippen molar-refractivity contribution >= 4 is 20.2 Å². The third-order valence-corrected chi connectivity index (χ3v) is 10.5. The molecule has 27 heavy (non-hydrogen) atoms. The van der Waals surface area contributed by atoms with Crippen molar-refractivity contribution < 1.29 is 18.8 Å². The average molecular weight is 396 g/mol. The van der Waals surface area contributed by atoms with Crippen LogP contribution in [0, 0.1) is 0 Å². The summed E-state index contributed by atoms with van der Waals surface area (Å²) in [4.78, 5) is 27.6. The fraction of sp³-hybridized carbons (Fsp3) is 0.810. The van der Waals surface area contributed by atoms with Crippen LogP contribution < -0.4 is 0 Å². The quantitative estimate of drug-likeness (QED) is 0.624. The van der Waals surface area contributed by atoms with Crippen LogP contribution in [0.5, 0.6) is 0 Å². The van der Waals surface area contributed by atoms with Crippen molar-refractivity contribution in [2.75, 3.05) is 6.61 Å². The summed E-state index contributed by atoms with van der Waals surface area (Å²) in [6, 6.07) is -0.0180. The molecule has 2 atom stereocenters. The maximum absolute atomic E-state index is 13.0. The highest BCUT2D eigenvalue weighted by Crippen LogP contribution is 2.38. The van der Waals surface area contributed by atoms with Gasteiger partial charge in [0.1, 0.15) is 5.60 Å². The monoisotopic (exact) mass is 395 g/mol. The minimum Gasteiger partial charge on any atom is -0.444 e. The maximum atomic E-state index is 13.0. The summed E-state index contributed by atoms with van der Waals surface area (Å²) in [5.41, 5.74) is 0.196. The number of nitrogens with zero attached hydrogens (tertiary/aromatic N) is 1. The number of hydrogen-bond acceptors (Lipinski definition) is 4. The van der Waals surface area contributed by atoms with E-state index in [0.717, 1.165) is 31.3 Å². The molecule has 1 unspecified atom stereocenters. The molecule has 1 amide bonds. The van der Waals surface area contributed by atoms with Gasteiger partial charge in [-0.1, -0.05) is 26.8 Å². The lowest BCUT2D eigenvalue weighted by atomic mass is 9.97. The molecule has 2 aliphatic rings. The minimum atomic E-state index is -1.99. The predicted octanol–water partition coefficient (Wildman–Crippen LogP) is 5.07. The highest BCUT2D eigenvalue weighted by molar-refractivity contribution is 6.74. The van der Waals surface area contributed by atoms with Gasteiger partial charge in [0, 0.05) is 11.6 Å². The van der Waals surface area contributed by atoms with E-state index >= 15 is 0 Å². The predicted molar refractivity (Wildman–Crippen MR) is 110 cm³/mol. The first-order valence-electron chi connectivity index (χ1n) is 10.1. The molecule has 154 valence electrons. The smallest absolute Gasteiger partial charge is 0.411 e. The number of amides is 1. The zero-order valence-electron chi connectivity index (χ0n) is 18.3. The Morgan fingerprint density at radius 3 is 2.30 bits per heavy atom. The zero-order valence-corrected chi connectivity index (χ0v) is 19.3. The normalized spacial score (nSPS) is 23.7. The van der Waals surface area contributed by atoms with Crippen LogP contribution in [0.1, 0.15) is 67.2 Å². The highest BCUT2D eigenvalue weighted by atomic mass is 28.4. The Hall–Kier alpha value is -1.14. The SMILES string of the molecule is CC(C)(C)OC(=O)N1C2CCC=C(C(=O)CO[Si](C)(C)C(C)(C)C)[C@H]1CC2. The molecule has 0 aromatic rings. The standard InChI is InChI=1S/C21H37NO4Si/c1-20(2,3)26-19(24)22-15-10-9-11-16(17(22)13-12-15)18(23)14-25-27(7,8)21(4,5)6/h11,15,17H,9-10,12-14H2,1-8H3/t15?,17-/m1/s1. The van der Waals surface area contributed by atoms with E-state index in [-0.39, 0.29) is 35.6 Å². The molecule has 0 N–H and O–H groups in total. The molecular formula is C21H37NO4Si. The van der Waals surface area contributed by atoms with Crippen molar-refractivity contribution in [3.05, 3.63) is 11.6 Å². The second-order valence-corrected chi connectivity index (χ2v) is 15.2. The molecule has 1 fully saturated rings. The van der Waals surface area contributed by atoms with Crippen molar-refractivity contribution in [1.82, 2.24) is 4.90 Å². The Balaban J connectivity index is 2.13. The summed E-state index contributed by atoms with van der Waals surface area (Å²) in [5, 5.41) is 0.0616. The lowest BCUT2D eigenvalue weighted by molar-refractivity contribution is -0.118. The first kappa shape index (κ1) is 22.1. The fourth-order valence-electron chi connectivity index (χ4n) is 3.48. The van der Waals surface area contributed by atoms with Crippen molar-refractivity contribution in [2.45, 2.75) is 103 Å². The number of allylic oxidation sites excluding steroid dienone is 1. The number of fused-ring (bicyclic) bond motifs is 2. The molecule has 0 spiro atoms. The number of hydrogen-bond donors (Lipinski definition) is 0. The second-order valence-electron chi connectivity index (χ2n) is 10.3. The van der Waals surface area contributed by atoms with E-state index in [1.165, 1.54) is 0 Å². The Morgan fingerprint density at radius 2 is 1.74 bits per heavy atom. The van der Waals surface area contributed by atoms with Gasteiger partial charge in [0.2, 0.25) is 0 Å². The van der Waals surface area contributed by atoms with Gasteiger partial charge in [-0.05, 0) is 64.6 Å². The molecule has 0 radical (unpaired) electrons. The van der Waals surface area contributed by atoms with E-state index in [1.807, 2.05) is 31.7 Å². The van der Waals surface area contributed by atoms with Gasteiger partial charge in [0.15, 0.2) is 14.1 Å². The lowest BCUT2D eigenvalue weighted by Gasteiger charge is -2.36. The molecule has 0 aromatic heterocycles. The fourth-order valence-corrected chi connectivity index (χ4v) is 4.40. The third kappa shape index (κ3) is 5.22. The van der Waals surface area contributed by atoms with Crippen LogP contribution >= 0.6 is 0 Å². The molecule has 0 saturated carbocycles. The Kier molecular flexibility index (Phi) is 6.32. The zero-order chi connectivity index (χ0) is 20.6. The van der Waals surface area contributed by atoms with Gasteiger partial charge < -0.3 is 9.16 Å². The average Bonchev–Trinajstić information content (AvgIpc) is 2.78. The molecule has 1 saturated heterocycles. The number of ether oxygens (including phenoxy) is 1. The van der Waals surface area contributed by atoms with Crippen LogP contribution in [0.15, 0.2) is 11.6 Å². The summed E-state index contributed by atoms with van der Waals surface area (Å²) in [6.07, 6.45) is 5.18. The van der Waals surface area contributed by atoms with Crippen LogP contribution in [0.4, 0.5) is 4.79 Å². The van der Waals surface area contributed by atoms with Crippen molar-refractivity contribution in [1.29, 1.82) is 0 Å². The summed E-state index contributed by atoms with van der Waals surface area (Å²) in [5.74, 6) is 0.0148. The molecule has 0 aromatic carbocycles. The summed E-state index contributed by atoms with van der Waals surface area (Å²) in [6.45, 7) is 16.5. The van der Waals surface area contributed by atoms with Crippen molar-refractivity contribution in [3.63, 3.8) is 0 Å². The first-order chi connectivity index (χ1) is 12.2. The Morgan fingerprint density at radius 1 is 1.11 bits per heavy atom. The molecule has 0 aliphatic carbocycles. The number of rotatable bonds is 4. The van der Waals surface area contributed by atoms with E-state index < -0.39 is 13.9 Å². The number of Topliss-reactive ketones (excluding diaryl/α,β-unsaturated/α-hetero) is 1. The molecule has 5 nitrogen and oxygen atoms in total. The Bertz CT molecular complexity index is 613. The summed E-state index contributed by atoms with van der Waals surface area (Å²) >= 11 is 0. The maximum Gasteiger partial charge on any atom is 0.411 e. The van der Waals surface area contributed by atoms with Gasteiger partial charge in [0.05, 0.1) is 12.6 Å². The van der Waals surface area contributed by atoms with Crippen LogP contribution in [-0.4, -0.2) is 49.4 Å². The van der Waals surface area contributed by atoms with Crippen LogP contribution in [0.3, 0.4) is 0 Å². The van der Waals surface area contributed by atoms with E-state index in [9.17, 15) is 9.59 Å². The second kappa shape index (κ2) is 7.70. The topological polar surface area (TPSA) is 55.8 Å². The van der Waals surface area contributed by atoms with Crippen molar-refractivity contribution in [3.8, 4) is 0 Å². The van der Waals surface area contributed by atoms with Gasteiger partial charge in [0.25, 0.3) is 0 Å². The number of carbonyl (C=O) groups is 2. The third-order valence-electron chi connectivity index (χ3n) is 6.02. The highest BCUT2D eigenvalue weighted by Gasteiger charge is 2.44. The lowest BCUT2D eigenvalue weighted by Crippen LogP contribution is -2.46. The van der Waals surface area contributed by atoms with E-state index in [2.05, 4.69) is 33.9 Å². The molecule has 2 rings (SSSR count). The first-order valence-corrected chi connectivity index (χ1v) is 13.0. The van der Waals surface area contributed by atoms with Crippen LogP contribution in [0.25, 0.3) is 0 Å². The van der Waals surface area contributed by atoms with Crippen LogP contribution in [0.2, 0.25) is 18.1 Å². The van der Waals surface area contributed by atoms with Gasteiger partial charge in [-0.3, -0.25) is 9.69 Å². The molecule has 6 heteroatoms. The van der Waals surface area contributed by atoms with E-state index in [4.69, 9.17) is 9.16 Å². The van der Waals surface area contributed by atoms with Gasteiger partial charge >= 0.3 is 6.09 Å². The van der Waals surface area contributed by atoms with E-state index in [0.29, 0.717) is 0 Å². The summed E-state index contributed by atoms with van der Waals surface area (Å²) in [7, 11) is -1.99. The molecule has 2 bridgehead atoms. The minimum absolute atomic E-state index is 0.0148. The van der Waals surface area contributed by atoms with Crippen molar-refractivity contribution in [2.24, 2.45) is 0 Å². The van der Waals surface area contributed by atoms with E-state index in [1.54, 1.807) is 0 Å². The van der Waals surface area contributed by atoms with Gasteiger partial charge in [-0.25, -0.2) is 4.79 Å².